The number of aromatic nitrogens is 2. The van der Waals surface area contributed by atoms with Gasteiger partial charge >= 0.3 is 0 Å². The van der Waals surface area contributed by atoms with E-state index in [1.54, 1.807) is 42.3 Å². The Kier molecular flexibility index (Phi) is 4.80. The van der Waals surface area contributed by atoms with Gasteiger partial charge in [0.15, 0.2) is 0 Å². The van der Waals surface area contributed by atoms with Crippen LogP contribution in [0.25, 0.3) is 11.1 Å². The van der Waals surface area contributed by atoms with Gasteiger partial charge in [0.05, 0.1) is 25.8 Å². The predicted octanol–water partition coefficient (Wildman–Crippen LogP) is 3.16. The Morgan fingerprint density at radius 2 is 1.96 bits per heavy atom. The third-order valence-electron chi connectivity index (χ3n) is 4.74. The highest BCUT2D eigenvalue weighted by molar-refractivity contribution is 6.00. The standard InChI is InChI=1S/C21H20N4O3/c1-28-17-9-7-16(8-10-17)23-19(26)11-15-13-25-20(24-21(15)27)18(12-22-25)14-5-3-2-4-6-14/h2-10,12,15H,11,13H2,1H3,(H,23,26)(H,24,27). The van der Waals surface area contributed by atoms with Crippen molar-refractivity contribution >= 4 is 23.3 Å². The minimum absolute atomic E-state index is 0.0812. The second-order valence-corrected chi connectivity index (χ2v) is 6.62. The Morgan fingerprint density at radius 1 is 1.21 bits per heavy atom. The maximum Gasteiger partial charge on any atom is 0.231 e. The molecule has 0 bridgehead atoms. The number of carbonyl (C=O) groups excluding carboxylic acids is 2. The van der Waals surface area contributed by atoms with Crippen molar-refractivity contribution in [2.45, 2.75) is 13.0 Å². The van der Waals surface area contributed by atoms with Gasteiger partial charge in [-0.15, -0.1) is 0 Å². The number of amides is 2. The van der Waals surface area contributed by atoms with E-state index in [2.05, 4.69) is 15.7 Å². The summed E-state index contributed by atoms with van der Waals surface area (Å²) in [6.07, 6.45) is 1.82. The Labute approximate surface area is 162 Å². The summed E-state index contributed by atoms with van der Waals surface area (Å²) in [6.45, 7) is 0.365. The number of methoxy groups -OCH3 is 1. The molecule has 2 N–H and O–H groups in total. The van der Waals surface area contributed by atoms with E-state index in [1.165, 1.54) is 0 Å². The van der Waals surface area contributed by atoms with Gasteiger partial charge < -0.3 is 15.4 Å². The molecule has 2 heterocycles. The van der Waals surface area contributed by atoms with Gasteiger partial charge in [-0.05, 0) is 29.8 Å². The van der Waals surface area contributed by atoms with E-state index < -0.39 is 5.92 Å². The first-order valence-corrected chi connectivity index (χ1v) is 9.00. The molecule has 3 aromatic rings. The van der Waals surface area contributed by atoms with E-state index in [-0.39, 0.29) is 18.2 Å². The lowest BCUT2D eigenvalue weighted by atomic mass is 10.0. The molecule has 0 fully saturated rings. The highest BCUT2D eigenvalue weighted by atomic mass is 16.5. The number of ether oxygens (including phenoxy) is 1. The summed E-state index contributed by atoms with van der Waals surface area (Å²) >= 11 is 0. The summed E-state index contributed by atoms with van der Waals surface area (Å²) in [6, 6.07) is 16.8. The van der Waals surface area contributed by atoms with Crippen molar-refractivity contribution in [1.29, 1.82) is 0 Å². The van der Waals surface area contributed by atoms with Crippen molar-refractivity contribution < 1.29 is 14.3 Å². The maximum absolute atomic E-state index is 12.6. The molecule has 1 atom stereocenters. The zero-order chi connectivity index (χ0) is 19.5. The summed E-state index contributed by atoms with van der Waals surface area (Å²) in [5, 5.41) is 10.1. The molecule has 1 aliphatic rings. The molecule has 28 heavy (non-hydrogen) atoms. The molecule has 1 aromatic heterocycles. The van der Waals surface area contributed by atoms with Crippen molar-refractivity contribution in [2.24, 2.45) is 5.92 Å². The summed E-state index contributed by atoms with van der Waals surface area (Å²) in [4.78, 5) is 24.9. The van der Waals surface area contributed by atoms with Gasteiger partial charge in [-0.3, -0.25) is 9.59 Å². The van der Waals surface area contributed by atoms with Gasteiger partial charge in [0.2, 0.25) is 11.8 Å². The van der Waals surface area contributed by atoms with Gasteiger partial charge in [0.25, 0.3) is 0 Å². The molecule has 2 aromatic carbocycles. The maximum atomic E-state index is 12.6. The first-order valence-electron chi connectivity index (χ1n) is 9.00. The van der Waals surface area contributed by atoms with Crippen LogP contribution in [0.3, 0.4) is 0 Å². The number of benzene rings is 2. The lowest BCUT2D eigenvalue weighted by Crippen LogP contribution is -2.36. The number of fused-ring (bicyclic) bond motifs is 1. The summed E-state index contributed by atoms with van der Waals surface area (Å²) in [5.41, 5.74) is 2.52. The molecule has 0 aliphatic carbocycles. The molecule has 0 radical (unpaired) electrons. The summed E-state index contributed by atoms with van der Waals surface area (Å²) in [7, 11) is 1.59. The lowest BCUT2D eigenvalue weighted by molar-refractivity contribution is -0.125. The quantitative estimate of drug-likeness (QED) is 0.716. The molecule has 0 saturated heterocycles. The molecule has 1 unspecified atom stereocenters. The fourth-order valence-corrected chi connectivity index (χ4v) is 3.26. The topological polar surface area (TPSA) is 85.2 Å². The smallest absolute Gasteiger partial charge is 0.231 e. The normalized spacial score (nSPS) is 15.5. The SMILES string of the molecule is COc1ccc(NC(=O)CC2Cn3ncc(-c4ccccc4)c3NC2=O)cc1. The first-order chi connectivity index (χ1) is 13.6. The molecule has 7 heteroatoms. The van der Waals surface area contributed by atoms with E-state index in [0.717, 1.165) is 11.1 Å². The van der Waals surface area contributed by atoms with Crippen LogP contribution in [0.2, 0.25) is 0 Å². The number of nitrogens with zero attached hydrogens (tertiary/aromatic N) is 2. The second kappa shape index (κ2) is 7.56. The lowest BCUT2D eigenvalue weighted by Gasteiger charge is -2.24. The van der Waals surface area contributed by atoms with Crippen LogP contribution in [0.15, 0.2) is 60.8 Å². The Balaban J connectivity index is 1.44. The molecular weight excluding hydrogens is 356 g/mol. The van der Waals surface area contributed by atoms with Crippen molar-refractivity contribution in [3.05, 3.63) is 60.8 Å². The van der Waals surface area contributed by atoms with E-state index in [1.807, 2.05) is 30.3 Å². The van der Waals surface area contributed by atoms with Crippen LogP contribution in [-0.4, -0.2) is 28.7 Å². The van der Waals surface area contributed by atoms with Gasteiger partial charge in [0.1, 0.15) is 11.6 Å². The van der Waals surface area contributed by atoms with Gasteiger partial charge in [-0.1, -0.05) is 30.3 Å². The van der Waals surface area contributed by atoms with E-state index >= 15 is 0 Å². The molecule has 2 amide bonds. The second-order valence-electron chi connectivity index (χ2n) is 6.62. The fourth-order valence-electron chi connectivity index (χ4n) is 3.26. The van der Waals surface area contributed by atoms with Gasteiger partial charge in [0, 0.05) is 17.7 Å². The van der Waals surface area contributed by atoms with E-state index in [9.17, 15) is 9.59 Å². The van der Waals surface area contributed by atoms with Crippen molar-refractivity contribution in [3.8, 4) is 16.9 Å². The van der Waals surface area contributed by atoms with Crippen LogP contribution in [0.4, 0.5) is 11.5 Å². The monoisotopic (exact) mass is 376 g/mol. The summed E-state index contributed by atoms with van der Waals surface area (Å²) in [5.74, 6) is 0.515. The van der Waals surface area contributed by atoms with Crippen molar-refractivity contribution in [3.63, 3.8) is 0 Å². The third kappa shape index (κ3) is 3.59. The molecule has 0 spiro atoms. The minimum Gasteiger partial charge on any atom is -0.497 e. The number of carbonyl (C=O) groups is 2. The molecule has 1 aliphatic heterocycles. The Bertz CT molecular complexity index is 996. The molecular formula is C21H20N4O3. The summed E-state index contributed by atoms with van der Waals surface area (Å²) < 4.78 is 6.85. The van der Waals surface area contributed by atoms with Crippen LogP contribution in [0.5, 0.6) is 5.75 Å². The molecule has 142 valence electrons. The predicted molar refractivity (Wildman–Crippen MR) is 106 cm³/mol. The average Bonchev–Trinajstić information content (AvgIpc) is 3.12. The van der Waals surface area contributed by atoms with E-state index in [0.29, 0.717) is 23.8 Å². The minimum atomic E-state index is -0.478. The number of nitrogens with one attached hydrogen (secondary N) is 2. The van der Waals surface area contributed by atoms with Gasteiger partial charge in [-0.2, -0.15) is 5.10 Å². The zero-order valence-electron chi connectivity index (χ0n) is 15.4. The van der Waals surface area contributed by atoms with Crippen LogP contribution < -0.4 is 15.4 Å². The third-order valence-corrected chi connectivity index (χ3v) is 4.74. The highest BCUT2D eigenvalue weighted by Gasteiger charge is 2.30. The Morgan fingerprint density at radius 3 is 2.68 bits per heavy atom. The number of rotatable bonds is 5. The van der Waals surface area contributed by atoms with Crippen LogP contribution >= 0.6 is 0 Å². The number of hydrogen-bond donors (Lipinski definition) is 2. The highest BCUT2D eigenvalue weighted by Crippen LogP contribution is 2.31. The van der Waals surface area contributed by atoms with Crippen molar-refractivity contribution in [1.82, 2.24) is 9.78 Å². The largest absolute Gasteiger partial charge is 0.497 e. The van der Waals surface area contributed by atoms with Crippen LogP contribution in [0.1, 0.15) is 6.42 Å². The Hall–Kier alpha value is -3.61. The van der Waals surface area contributed by atoms with E-state index in [4.69, 9.17) is 4.74 Å². The molecule has 0 saturated carbocycles. The van der Waals surface area contributed by atoms with Crippen LogP contribution in [0, 0.1) is 5.92 Å². The molecule has 7 nitrogen and oxygen atoms in total. The zero-order valence-corrected chi connectivity index (χ0v) is 15.4. The first kappa shape index (κ1) is 17.8. The molecule has 4 rings (SSSR count). The fraction of sp³-hybridized carbons (Fsp3) is 0.190. The number of hydrogen-bond acceptors (Lipinski definition) is 4. The van der Waals surface area contributed by atoms with Crippen LogP contribution in [-0.2, 0) is 16.1 Å². The number of anilines is 2. The average molecular weight is 376 g/mol. The van der Waals surface area contributed by atoms with Gasteiger partial charge in [-0.25, -0.2) is 4.68 Å². The van der Waals surface area contributed by atoms with Crippen molar-refractivity contribution in [2.75, 3.05) is 17.7 Å².